The smallest absolute Gasteiger partial charge is 0.171 e. The van der Waals surface area contributed by atoms with Gasteiger partial charge in [-0.05, 0) is 47.7 Å². The summed E-state index contributed by atoms with van der Waals surface area (Å²) in [6, 6.07) is 14.1. The second-order valence-corrected chi connectivity index (χ2v) is 5.56. The second kappa shape index (κ2) is 5.84. The van der Waals surface area contributed by atoms with Gasteiger partial charge in [0.05, 0.1) is 15.9 Å². The number of phenols is 2. The molecule has 5 nitrogen and oxygen atoms in total. The van der Waals surface area contributed by atoms with Gasteiger partial charge in [0, 0.05) is 0 Å². The van der Waals surface area contributed by atoms with Crippen molar-refractivity contribution in [1.82, 2.24) is 9.97 Å². The van der Waals surface area contributed by atoms with E-state index < -0.39 is 0 Å². The number of nitrogens with one attached hydrogen (secondary N) is 1. The lowest BCUT2D eigenvalue weighted by Crippen LogP contribution is -1.79. The Morgan fingerprint density at radius 1 is 1.18 bits per heavy atom. The summed E-state index contributed by atoms with van der Waals surface area (Å²) >= 11 is 1.21. The van der Waals surface area contributed by atoms with E-state index in [1.54, 1.807) is 12.1 Å². The van der Waals surface area contributed by atoms with Crippen LogP contribution in [0.15, 0.2) is 52.5 Å². The number of benzene rings is 2. The zero-order valence-corrected chi connectivity index (χ0v) is 12.1. The van der Waals surface area contributed by atoms with Crippen LogP contribution in [0.4, 0.5) is 0 Å². The number of imidazole rings is 1. The number of nitriles is 1. The van der Waals surface area contributed by atoms with Gasteiger partial charge in [0.25, 0.3) is 0 Å². The number of aromatic hydroxyl groups is 2. The molecule has 1 heterocycles. The first-order valence-electron chi connectivity index (χ1n) is 6.42. The maximum atomic E-state index is 9.48. The molecule has 0 spiro atoms. The third kappa shape index (κ3) is 2.90. The van der Waals surface area contributed by atoms with E-state index in [0.717, 1.165) is 11.0 Å². The summed E-state index contributed by atoms with van der Waals surface area (Å²) in [6.07, 6.45) is 1.62. The molecule has 0 radical (unpaired) electrons. The van der Waals surface area contributed by atoms with Gasteiger partial charge in [0.1, 0.15) is 6.07 Å². The van der Waals surface area contributed by atoms with E-state index >= 15 is 0 Å². The number of hydrogen-bond donors (Lipinski definition) is 3. The van der Waals surface area contributed by atoms with Crippen LogP contribution < -0.4 is 0 Å². The van der Waals surface area contributed by atoms with Gasteiger partial charge in [-0.3, -0.25) is 0 Å². The lowest BCUT2D eigenvalue weighted by atomic mass is 10.2. The number of thioether (sulfide) groups is 1. The van der Waals surface area contributed by atoms with Crippen LogP contribution in [0.2, 0.25) is 0 Å². The molecule has 0 aliphatic carbocycles. The van der Waals surface area contributed by atoms with E-state index in [9.17, 15) is 15.5 Å². The van der Waals surface area contributed by atoms with Crippen LogP contribution in [-0.2, 0) is 0 Å². The number of aromatic nitrogens is 2. The molecule has 1 aromatic heterocycles. The van der Waals surface area contributed by atoms with Crippen molar-refractivity contribution in [2.24, 2.45) is 0 Å². The molecule has 3 aromatic rings. The molecular weight excluding hydrogens is 298 g/mol. The highest BCUT2D eigenvalue weighted by Gasteiger charge is 2.07. The van der Waals surface area contributed by atoms with Crippen LogP contribution in [0.25, 0.3) is 17.1 Å². The van der Waals surface area contributed by atoms with E-state index in [1.807, 2.05) is 24.3 Å². The van der Waals surface area contributed by atoms with Gasteiger partial charge in [0.2, 0.25) is 0 Å². The predicted octanol–water partition coefficient (Wildman–Crippen LogP) is 3.63. The van der Waals surface area contributed by atoms with Gasteiger partial charge in [-0.1, -0.05) is 18.2 Å². The number of rotatable bonds is 3. The molecule has 0 amide bonds. The van der Waals surface area contributed by atoms with Crippen molar-refractivity contribution < 1.29 is 10.2 Å². The van der Waals surface area contributed by atoms with Gasteiger partial charge in [-0.25, -0.2) is 4.98 Å². The van der Waals surface area contributed by atoms with E-state index in [2.05, 4.69) is 16.0 Å². The quantitative estimate of drug-likeness (QED) is 0.390. The highest BCUT2D eigenvalue weighted by Crippen LogP contribution is 2.30. The molecule has 108 valence electrons. The van der Waals surface area contributed by atoms with Crippen molar-refractivity contribution in [3.8, 4) is 17.6 Å². The third-order valence-electron chi connectivity index (χ3n) is 2.98. The van der Waals surface area contributed by atoms with Crippen molar-refractivity contribution in [2.75, 3.05) is 0 Å². The number of H-pyrrole nitrogens is 1. The van der Waals surface area contributed by atoms with Crippen molar-refractivity contribution in [3.05, 3.63) is 52.9 Å². The maximum absolute atomic E-state index is 9.48. The summed E-state index contributed by atoms with van der Waals surface area (Å²) in [5.41, 5.74) is 2.37. The predicted molar refractivity (Wildman–Crippen MR) is 85.3 cm³/mol. The van der Waals surface area contributed by atoms with Crippen LogP contribution >= 0.6 is 11.8 Å². The van der Waals surface area contributed by atoms with Crippen molar-refractivity contribution in [1.29, 1.82) is 5.26 Å². The Morgan fingerprint density at radius 3 is 2.73 bits per heavy atom. The molecule has 0 bridgehead atoms. The number of fused-ring (bicyclic) bond motifs is 1. The lowest BCUT2D eigenvalue weighted by Gasteiger charge is -2.00. The van der Waals surface area contributed by atoms with Crippen molar-refractivity contribution >= 4 is 28.9 Å². The van der Waals surface area contributed by atoms with Gasteiger partial charge < -0.3 is 15.2 Å². The van der Waals surface area contributed by atoms with E-state index in [4.69, 9.17) is 0 Å². The molecule has 22 heavy (non-hydrogen) atoms. The summed E-state index contributed by atoms with van der Waals surface area (Å²) in [7, 11) is 0. The first-order chi connectivity index (χ1) is 10.7. The summed E-state index contributed by atoms with van der Waals surface area (Å²) in [6.45, 7) is 0. The molecule has 0 atom stereocenters. The summed E-state index contributed by atoms with van der Waals surface area (Å²) in [5, 5.41) is 28.7. The minimum absolute atomic E-state index is 0.194. The largest absolute Gasteiger partial charge is 0.504 e. The second-order valence-electron chi connectivity index (χ2n) is 4.53. The molecule has 0 aliphatic rings. The Hall–Kier alpha value is -2.91. The van der Waals surface area contributed by atoms with Gasteiger partial charge in [0.15, 0.2) is 16.7 Å². The van der Waals surface area contributed by atoms with Gasteiger partial charge >= 0.3 is 0 Å². The van der Waals surface area contributed by atoms with E-state index in [-0.39, 0.29) is 11.5 Å². The number of hydrogen-bond acceptors (Lipinski definition) is 5. The molecular formula is C16H11N3O2S. The molecule has 0 aliphatic heterocycles. The molecule has 6 heteroatoms. The number of nitrogens with zero attached hydrogens (tertiary/aromatic N) is 2. The average Bonchev–Trinajstić information content (AvgIpc) is 2.92. The van der Waals surface area contributed by atoms with E-state index in [1.165, 1.54) is 23.9 Å². The number of allylic oxidation sites excluding steroid dienone is 1. The van der Waals surface area contributed by atoms with Crippen LogP contribution in [0.1, 0.15) is 5.56 Å². The first-order valence-corrected chi connectivity index (χ1v) is 7.24. The molecule has 0 fully saturated rings. The Morgan fingerprint density at radius 2 is 2.00 bits per heavy atom. The first kappa shape index (κ1) is 14.0. The molecule has 0 unspecified atom stereocenters. The van der Waals surface area contributed by atoms with Gasteiger partial charge in [-0.15, -0.1) is 0 Å². The standard InChI is InChI=1S/C16H11N3O2S/c17-9-11(7-10-5-6-14(20)15(21)8-10)22-16-18-12-3-1-2-4-13(12)19-16/h1-8,20-21H,(H,18,19)/b11-7+. The molecule has 2 aromatic carbocycles. The van der Waals surface area contributed by atoms with Crippen LogP contribution in [0, 0.1) is 11.3 Å². The maximum Gasteiger partial charge on any atom is 0.171 e. The molecule has 3 N–H and O–H groups in total. The normalized spacial score (nSPS) is 11.5. The number of aromatic amines is 1. The third-order valence-corrected chi connectivity index (χ3v) is 3.80. The Bertz CT molecular complexity index is 876. The van der Waals surface area contributed by atoms with Crippen LogP contribution in [0.5, 0.6) is 11.5 Å². The fraction of sp³-hybridized carbons (Fsp3) is 0. The zero-order chi connectivity index (χ0) is 15.5. The van der Waals surface area contributed by atoms with Gasteiger partial charge in [-0.2, -0.15) is 5.26 Å². The highest BCUT2D eigenvalue weighted by molar-refractivity contribution is 8.03. The molecule has 3 rings (SSSR count). The average molecular weight is 309 g/mol. The summed E-state index contributed by atoms with van der Waals surface area (Å²) in [5.74, 6) is -0.416. The SMILES string of the molecule is N#C/C(=C\c1ccc(O)c(O)c1)Sc1nc2ccccc2[nH]1. The Labute approximate surface area is 130 Å². The minimum atomic E-state index is -0.222. The Balaban J connectivity index is 1.89. The monoisotopic (exact) mass is 309 g/mol. The van der Waals surface area contributed by atoms with Crippen LogP contribution in [-0.4, -0.2) is 20.2 Å². The molecule has 0 saturated carbocycles. The zero-order valence-electron chi connectivity index (χ0n) is 11.3. The Kier molecular flexibility index (Phi) is 3.73. The van der Waals surface area contributed by atoms with Crippen molar-refractivity contribution in [3.63, 3.8) is 0 Å². The number of para-hydroxylation sites is 2. The number of phenolic OH excluding ortho intramolecular Hbond substituents is 2. The van der Waals surface area contributed by atoms with E-state index in [0.29, 0.717) is 15.6 Å². The fourth-order valence-corrected chi connectivity index (χ4v) is 2.70. The lowest BCUT2D eigenvalue weighted by molar-refractivity contribution is 0.403. The van der Waals surface area contributed by atoms with Crippen LogP contribution in [0.3, 0.4) is 0 Å². The topological polar surface area (TPSA) is 92.9 Å². The summed E-state index contributed by atoms with van der Waals surface area (Å²) < 4.78 is 0. The fourth-order valence-electron chi connectivity index (χ4n) is 1.95. The summed E-state index contributed by atoms with van der Waals surface area (Å²) in [4.78, 5) is 7.96. The minimum Gasteiger partial charge on any atom is -0.504 e. The van der Waals surface area contributed by atoms with Crippen molar-refractivity contribution in [2.45, 2.75) is 5.16 Å². The molecule has 0 saturated heterocycles. The highest BCUT2D eigenvalue weighted by atomic mass is 32.2.